The second-order valence-corrected chi connectivity index (χ2v) is 4.70. The summed E-state index contributed by atoms with van der Waals surface area (Å²) in [5, 5.41) is 3.39. The number of H-pyrrole nitrogens is 1. The standard InChI is InChI=1S/C12H19N3O/c1-2-11(1)15-5-6-16-12(9-15)8-14-10-3-4-13-7-10/h3-4,7,11-14H,1-2,5-6,8-9H2. The number of morpholine rings is 1. The lowest BCUT2D eigenvalue weighted by atomic mass is 10.2. The van der Waals surface area contributed by atoms with Crippen molar-refractivity contribution in [3.05, 3.63) is 18.5 Å². The summed E-state index contributed by atoms with van der Waals surface area (Å²) < 4.78 is 5.77. The Bertz CT molecular complexity index is 321. The Labute approximate surface area is 96.0 Å². The maximum atomic E-state index is 5.77. The minimum absolute atomic E-state index is 0.337. The van der Waals surface area contributed by atoms with Gasteiger partial charge in [0.25, 0.3) is 0 Å². The van der Waals surface area contributed by atoms with E-state index in [1.54, 1.807) is 0 Å². The molecule has 1 aliphatic carbocycles. The summed E-state index contributed by atoms with van der Waals surface area (Å²) in [6.07, 6.45) is 7.02. The van der Waals surface area contributed by atoms with Crippen LogP contribution in [0, 0.1) is 0 Å². The zero-order chi connectivity index (χ0) is 10.8. The van der Waals surface area contributed by atoms with Crippen molar-refractivity contribution in [2.24, 2.45) is 0 Å². The van der Waals surface area contributed by atoms with Crippen molar-refractivity contribution < 1.29 is 4.74 Å². The summed E-state index contributed by atoms with van der Waals surface area (Å²) >= 11 is 0. The van der Waals surface area contributed by atoms with Crippen LogP contribution in [0.3, 0.4) is 0 Å². The van der Waals surface area contributed by atoms with E-state index in [0.29, 0.717) is 6.10 Å². The lowest BCUT2D eigenvalue weighted by Gasteiger charge is -2.33. The van der Waals surface area contributed by atoms with E-state index in [0.717, 1.165) is 38.0 Å². The monoisotopic (exact) mass is 221 g/mol. The molecule has 1 saturated heterocycles. The predicted molar refractivity (Wildman–Crippen MR) is 63.6 cm³/mol. The van der Waals surface area contributed by atoms with Gasteiger partial charge in [0, 0.05) is 38.1 Å². The fraction of sp³-hybridized carbons (Fsp3) is 0.667. The molecule has 0 spiro atoms. The van der Waals surface area contributed by atoms with Crippen LogP contribution in [0.15, 0.2) is 18.5 Å². The molecule has 4 nitrogen and oxygen atoms in total. The molecule has 16 heavy (non-hydrogen) atoms. The fourth-order valence-corrected chi connectivity index (χ4v) is 2.30. The van der Waals surface area contributed by atoms with Crippen molar-refractivity contribution in [2.45, 2.75) is 25.0 Å². The van der Waals surface area contributed by atoms with E-state index < -0.39 is 0 Å². The topological polar surface area (TPSA) is 40.3 Å². The summed E-state index contributed by atoms with van der Waals surface area (Å²) in [6.45, 7) is 3.99. The van der Waals surface area contributed by atoms with Gasteiger partial charge in [0.05, 0.1) is 18.4 Å². The smallest absolute Gasteiger partial charge is 0.0874 e. The third kappa shape index (κ3) is 2.39. The van der Waals surface area contributed by atoms with E-state index in [-0.39, 0.29) is 0 Å². The molecule has 1 aromatic heterocycles. The van der Waals surface area contributed by atoms with E-state index in [9.17, 15) is 0 Å². The van der Waals surface area contributed by atoms with E-state index in [1.807, 2.05) is 18.5 Å². The Morgan fingerprint density at radius 3 is 3.19 bits per heavy atom. The number of nitrogens with zero attached hydrogens (tertiary/aromatic N) is 1. The second-order valence-electron chi connectivity index (χ2n) is 4.70. The largest absolute Gasteiger partial charge is 0.381 e. The Morgan fingerprint density at radius 1 is 1.50 bits per heavy atom. The molecule has 1 unspecified atom stereocenters. The van der Waals surface area contributed by atoms with E-state index >= 15 is 0 Å². The van der Waals surface area contributed by atoms with Gasteiger partial charge in [-0.1, -0.05) is 0 Å². The molecule has 2 aliphatic rings. The Balaban J connectivity index is 1.47. The van der Waals surface area contributed by atoms with Gasteiger partial charge in [-0.25, -0.2) is 0 Å². The third-order valence-corrected chi connectivity index (χ3v) is 3.37. The van der Waals surface area contributed by atoms with Crippen LogP contribution in [-0.2, 0) is 4.74 Å². The number of hydrogen-bond donors (Lipinski definition) is 2. The zero-order valence-corrected chi connectivity index (χ0v) is 9.48. The first-order valence-electron chi connectivity index (χ1n) is 6.14. The maximum Gasteiger partial charge on any atom is 0.0874 e. The molecule has 88 valence electrons. The Morgan fingerprint density at radius 2 is 2.44 bits per heavy atom. The van der Waals surface area contributed by atoms with Crippen LogP contribution in [-0.4, -0.2) is 48.3 Å². The minimum Gasteiger partial charge on any atom is -0.381 e. The molecule has 0 bridgehead atoms. The average Bonchev–Trinajstić information content (AvgIpc) is 3.05. The van der Waals surface area contributed by atoms with Crippen molar-refractivity contribution in [1.82, 2.24) is 9.88 Å². The first-order valence-corrected chi connectivity index (χ1v) is 6.14. The molecule has 1 aromatic rings. The number of ether oxygens (including phenoxy) is 1. The van der Waals surface area contributed by atoms with Crippen LogP contribution >= 0.6 is 0 Å². The zero-order valence-electron chi connectivity index (χ0n) is 9.48. The molecule has 2 fully saturated rings. The van der Waals surface area contributed by atoms with Crippen molar-refractivity contribution in [3.8, 4) is 0 Å². The van der Waals surface area contributed by atoms with Gasteiger partial charge in [0.2, 0.25) is 0 Å². The number of nitrogens with one attached hydrogen (secondary N) is 2. The third-order valence-electron chi connectivity index (χ3n) is 3.37. The van der Waals surface area contributed by atoms with Crippen molar-refractivity contribution in [1.29, 1.82) is 0 Å². The van der Waals surface area contributed by atoms with Crippen LogP contribution in [0.1, 0.15) is 12.8 Å². The van der Waals surface area contributed by atoms with Crippen molar-refractivity contribution >= 4 is 5.69 Å². The Hall–Kier alpha value is -1.00. The number of anilines is 1. The van der Waals surface area contributed by atoms with Crippen LogP contribution in [0.5, 0.6) is 0 Å². The summed E-state index contributed by atoms with van der Waals surface area (Å²) in [6, 6.07) is 2.90. The van der Waals surface area contributed by atoms with Gasteiger partial charge in [-0.05, 0) is 18.9 Å². The number of hydrogen-bond acceptors (Lipinski definition) is 3. The van der Waals surface area contributed by atoms with E-state index in [1.165, 1.54) is 12.8 Å². The van der Waals surface area contributed by atoms with Gasteiger partial charge < -0.3 is 15.0 Å². The highest BCUT2D eigenvalue weighted by molar-refractivity contribution is 5.40. The molecule has 2 N–H and O–H groups in total. The maximum absolute atomic E-state index is 5.77. The normalized spacial score (nSPS) is 26.9. The van der Waals surface area contributed by atoms with E-state index in [4.69, 9.17) is 4.74 Å². The molecular weight excluding hydrogens is 202 g/mol. The first-order chi connectivity index (χ1) is 7.92. The van der Waals surface area contributed by atoms with Crippen LogP contribution in [0.25, 0.3) is 0 Å². The van der Waals surface area contributed by atoms with Gasteiger partial charge in [0.1, 0.15) is 0 Å². The second kappa shape index (κ2) is 4.47. The summed E-state index contributed by atoms with van der Waals surface area (Å²) in [5.41, 5.74) is 1.15. The highest BCUT2D eigenvalue weighted by Gasteiger charge is 2.32. The summed E-state index contributed by atoms with van der Waals surface area (Å²) in [4.78, 5) is 5.62. The van der Waals surface area contributed by atoms with Gasteiger partial charge in [-0.15, -0.1) is 0 Å². The highest BCUT2D eigenvalue weighted by atomic mass is 16.5. The molecule has 0 aromatic carbocycles. The predicted octanol–water partition coefficient (Wildman–Crippen LogP) is 1.29. The molecule has 1 saturated carbocycles. The van der Waals surface area contributed by atoms with Crippen molar-refractivity contribution in [3.63, 3.8) is 0 Å². The summed E-state index contributed by atoms with van der Waals surface area (Å²) in [5.74, 6) is 0. The molecule has 0 amide bonds. The average molecular weight is 221 g/mol. The van der Waals surface area contributed by atoms with Crippen LogP contribution < -0.4 is 5.32 Å². The quantitative estimate of drug-likeness (QED) is 0.805. The molecule has 1 atom stereocenters. The molecule has 2 heterocycles. The molecular formula is C12H19N3O. The van der Waals surface area contributed by atoms with E-state index in [2.05, 4.69) is 15.2 Å². The molecule has 3 rings (SSSR count). The van der Waals surface area contributed by atoms with Gasteiger partial charge >= 0.3 is 0 Å². The van der Waals surface area contributed by atoms with Gasteiger partial charge in [0.15, 0.2) is 0 Å². The first kappa shape index (κ1) is 10.2. The lowest BCUT2D eigenvalue weighted by molar-refractivity contribution is -0.0241. The highest BCUT2D eigenvalue weighted by Crippen LogP contribution is 2.28. The number of rotatable bonds is 4. The number of aromatic nitrogens is 1. The SMILES string of the molecule is c1cc(NCC2CN(C3CC3)CCO2)c[nH]1. The minimum atomic E-state index is 0.337. The fourth-order valence-electron chi connectivity index (χ4n) is 2.30. The Kier molecular flexibility index (Phi) is 2.84. The molecule has 4 heteroatoms. The summed E-state index contributed by atoms with van der Waals surface area (Å²) in [7, 11) is 0. The van der Waals surface area contributed by atoms with Gasteiger partial charge in [-0.2, -0.15) is 0 Å². The van der Waals surface area contributed by atoms with Crippen molar-refractivity contribution in [2.75, 3.05) is 31.6 Å². The molecule has 0 radical (unpaired) electrons. The van der Waals surface area contributed by atoms with Crippen LogP contribution in [0.4, 0.5) is 5.69 Å². The molecule has 1 aliphatic heterocycles. The lowest BCUT2D eigenvalue weighted by Crippen LogP contribution is -2.46. The van der Waals surface area contributed by atoms with Gasteiger partial charge in [-0.3, -0.25) is 4.90 Å². The van der Waals surface area contributed by atoms with Crippen LogP contribution in [0.2, 0.25) is 0 Å². The number of aromatic amines is 1.